The summed E-state index contributed by atoms with van der Waals surface area (Å²) in [4.78, 5) is 0. The van der Waals surface area contributed by atoms with Crippen molar-refractivity contribution in [2.45, 2.75) is 23.8 Å². The topological polar surface area (TPSA) is 0 Å². The lowest BCUT2D eigenvalue weighted by molar-refractivity contribution is -0.348. The summed E-state index contributed by atoms with van der Waals surface area (Å²) in [5.41, 5.74) is 0.568. The molecule has 0 radical (unpaired) electrons. The Morgan fingerprint density at radius 2 is 1.37 bits per heavy atom. The summed E-state index contributed by atoms with van der Waals surface area (Å²) in [7, 11) is 0. The van der Waals surface area contributed by atoms with Gasteiger partial charge in [-0.2, -0.15) is 42.5 Å². The second-order valence-corrected chi connectivity index (χ2v) is 4.74. The Bertz CT molecular complexity index is 399. The van der Waals surface area contributed by atoms with Crippen molar-refractivity contribution in [3.05, 3.63) is 35.9 Å². The van der Waals surface area contributed by atoms with E-state index in [9.17, 15) is 30.7 Å². The first-order valence-electron chi connectivity index (χ1n) is 5.02. The second kappa shape index (κ2) is 5.60. The average molecular weight is 306 g/mol. The molecule has 8 heteroatoms. The highest BCUT2D eigenvalue weighted by Crippen LogP contribution is 2.47. The number of rotatable bonds is 5. The van der Waals surface area contributed by atoms with Crippen molar-refractivity contribution >= 4 is 11.8 Å². The molecule has 0 saturated heterocycles. The molecule has 0 unspecified atom stereocenters. The maximum Gasteiger partial charge on any atom is 0.459 e. The lowest BCUT2D eigenvalue weighted by atomic mass is 10.2. The zero-order chi connectivity index (χ0) is 14.7. The van der Waals surface area contributed by atoms with E-state index in [0.717, 1.165) is 0 Å². The van der Waals surface area contributed by atoms with E-state index < -0.39 is 23.8 Å². The van der Waals surface area contributed by atoms with Gasteiger partial charge < -0.3 is 0 Å². The van der Waals surface area contributed by atoms with E-state index in [1.54, 1.807) is 30.3 Å². The fourth-order valence-electron chi connectivity index (χ4n) is 1.17. The molecule has 0 heterocycles. The maximum absolute atomic E-state index is 12.9. The molecule has 108 valence electrons. The zero-order valence-electron chi connectivity index (χ0n) is 9.35. The van der Waals surface area contributed by atoms with Gasteiger partial charge in [0.1, 0.15) is 0 Å². The monoisotopic (exact) mass is 306 g/mol. The molecule has 0 nitrogen and oxygen atoms in total. The van der Waals surface area contributed by atoms with E-state index >= 15 is 0 Å². The van der Waals surface area contributed by atoms with Gasteiger partial charge in [0.2, 0.25) is 0 Å². The fraction of sp³-hybridized carbons (Fsp3) is 0.455. The van der Waals surface area contributed by atoms with Gasteiger partial charge in [-0.1, -0.05) is 30.3 Å². The van der Waals surface area contributed by atoms with Crippen molar-refractivity contribution in [2.24, 2.45) is 0 Å². The van der Waals surface area contributed by atoms with E-state index in [-0.39, 0.29) is 5.75 Å². The molecule has 0 aliphatic heterocycles. The largest absolute Gasteiger partial charge is 0.459 e. The first kappa shape index (κ1) is 16.1. The molecular weight excluding hydrogens is 297 g/mol. The molecule has 0 spiro atoms. The molecule has 0 amide bonds. The number of alkyl halides is 7. The minimum atomic E-state index is -6.26. The second-order valence-electron chi connectivity index (χ2n) is 3.75. The van der Waals surface area contributed by atoms with E-state index in [1.165, 1.54) is 0 Å². The molecule has 0 atom stereocenters. The van der Waals surface area contributed by atoms with Crippen molar-refractivity contribution in [2.75, 3.05) is 5.75 Å². The van der Waals surface area contributed by atoms with Crippen molar-refractivity contribution in [3.63, 3.8) is 0 Å². The fourth-order valence-corrected chi connectivity index (χ4v) is 2.14. The van der Waals surface area contributed by atoms with Crippen molar-refractivity contribution in [1.82, 2.24) is 0 Å². The van der Waals surface area contributed by atoms with Crippen LogP contribution in [0, 0.1) is 0 Å². The lowest BCUT2D eigenvalue weighted by Crippen LogP contribution is -2.53. The molecular formula is C11H9F7S. The minimum absolute atomic E-state index is 0.0651. The van der Waals surface area contributed by atoms with Crippen LogP contribution in [0.4, 0.5) is 30.7 Å². The highest BCUT2D eigenvalue weighted by molar-refractivity contribution is 7.98. The molecule has 0 aliphatic carbocycles. The number of benzene rings is 1. The van der Waals surface area contributed by atoms with E-state index in [0.29, 0.717) is 17.3 Å². The molecule has 1 aromatic rings. The van der Waals surface area contributed by atoms with Crippen molar-refractivity contribution in [1.29, 1.82) is 0 Å². The molecule has 1 rings (SSSR count). The quantitative estimate of drug-likeness (QED) is 0.707. The summed E-state index contributed by atoms with van der Waals surface area (Å²) < 4.78 is 86.4. The van der Waals surface area contributed by atoms with Crippen LogP contribution < -0.4 is 0 Å². The van der Waals surface area contributed by atoms with Gasteiger partial charge in [-0.15, -0.1) is 0 Å². The Kier molecular flexibility index (Phi) is 4.76. The minimum Gasteiger partial charge on any atom is -0.199 e. The summed E-state index contributed by atoms with van der Waals surface area (Å²) in [6.07, 6.45) is -6.26. The average Bonchev–Trinajstić information content (AvgIpc) is 2.28. The van der Waals surface area contributed by atoms with Crippen LogP contribution in [0.5, 0.6) is 0 Å². The summed E-state index contributed by atoms with van der Waals surface area (Å²) in [5.74, 6) is -12.8. The normalized spacial score (nSPS) is 13.6. The summed E-state index contributed by atoms with van der Waals surface area (Å²) >= 11 is 0.326. The third-order valence-electron chi connectivity index (χ3n) is 2.21. The molecule has 0 aliphatic rings. The number of thioether (sulfide) groups is 1. The maximum atomic E-state index is 12.9. The van der Waals surface area contributed by atoms with Gasteiger partial charge in [0.05, 0.1) is 5.75 Å². The van der Waals surface area contributed by atoms with Crippen LogP contribution in [0.25, 0.3) is 0 Å². The Balaban J connectivity index is 2.61. The molecule has 19 heavy (non-hydrogen) atoms. The first-order chi connectivity index (χ1) is 8.58. The van der Waals surface area contributed by atoms with E-state index in [2.05, 4.69) is 0 Å². The summed E-state index contributed by atoms with van der Waals surface area (Å²) in [5, 5.41) is 0. The van der Waals surface area contributed by atoms with Crippen LogP contribution >= 0.6 is 11.8 Å². The highest BCUT2D eigenvalue weighted by Gasteiger charge is 2.72. The molecule has 0 aromatic heterocycles. The zero-order valence-corrected chi connectivity index (χ0v) is 10.2. The van der Waals surface area contributed by atoms with Crippen molar-refractivity contribution < 1.29 is 30.7 Å². The van der Waals surface area contributed by atoms with E-state index in [1.807, 2.05) is 0 Å². The first-order valence-corrected chi connectivity index (χ1v) is 6.17. The molecule has 0 fully saturated rings. The summed E-state index contributed by atoms with van der Waals surface area (Å²) in [6, 6.07) is 8.01. The van der Waals surface area contributed by atoms with Gasteiger partial charge in [0.25, 0.3) is 0 Å². The molecule has 0 N–H and O–H groups in total. The van der Waals surface area contributed by atoms with Crippen LogP contribution in [-0.4, -0.2) is 23.8 Å². The lowest BCUT2D eigenvalue weighted by Gasteiger charge is -2.27. The van der Waals surface area contributed by atoms with Crippen LogP contribution in [0.15, 0.2) is 30.3 Å². The van der Waals surface area contributed by atoms with Gasteiger partial charge in [-0.3, -0.25) is 0 Å². The number of hydrogen-bond donors (Lipinski definition) is 0. The summed E-state index contributed by atoms with van der Waals surface area (Å²) in [6.45, 7) is 0. The SMILES string of the molecule is FC(F)(F)C(F)(F)C(F)(F)CSCc1ccccc1. The molecule has 1 aromatic carbocycles. The predicted octanol–water partition coefficient (Wildman–Crippen LogP) is 4.75. The van der Waals surface area contributed by atoms with Gasteiger partial charge in [-0.25, -0.2) is 0 Å². The van der Waals surface area contributed by atoms with Gasteiger partial charge >= 0.3 is 18.0 Å². The number of hydrogen-bond acceptors (Lipinski definition) is 1. The van der Waals surface area contributed by atoms with Crippen LogP contribution in [0.2, 0.25) is 0 Å². The van der Waals surface area contributed by atoms with E-state index in [4.69, 9.17) is 0 Å². The van der Waals surface area contributed by atoms with Crippen molar-refractivity contribution in [3.8, 4) is 0 Å². The Labute approximate surface area is 109 Å². The highest BCUT2D eigenvalue weighted by atomic mass is 32.2. The Morgan fingerprint density at radius 3 is 1.84 bits per heavy atom. The van der Waals surface area contributed by atoms with Crippen LogP contribution in [0.1, 0.15) is 5.56 Å². The van der Waals surface area contributed by atoms with Gasteiger partial charge in [-0.05, 0) is 5.56 Å². The smallest absolute Gasteiger partial charge is 0.199 e. The van der Waals surface area contributed by atoms with Crippen LogP contribution in [-0.2, 0) is 5.75 Å². The standard InChI is InChI=1S/C11H9F7S/c12-9(13,10(14,15)11(16,17)18)7-19-6-8-4-2-1-3-5-8/h1-5H,6-7H2. The third-order valence-corrected chi connectivity index (χ3v) is 3.31. The predicted molar refractivity (Wildman–Crippen MR) is 58.6 cm³/mol. The van der Waals surface area contributed by atoms with Gasteiger partial charge in [0, 0.05) is 5.75 Å². The molecule has 0 saturated carbocycles. The Hall–Kier alpha value is -0.920. The third kappa shape index (κ3) is 3.77. The number of halogens is 7. The molecule has 0 bridgehead atoms. The van der Waals surface area contributed by atoms with Crippen LogP contribution in [0.3, 0.4) is 0 Å². The Morgan fingerprint density at radius 1 is 0.842 bits per heavy atom. The van der Waals surface area contributed by atoms with Gasteiger partial charge in [0.15, 0.2) is 0 Å².